The normalized spacial score (nSPS) is 11.2. The minimum absolute atomic E-state index is 0.612. The van der Waals surface area contributed by atoms with Gasteiger partial charge in [-0.3, -0.25) is 15.0 Å². The zero-order valence-corrected chi connectivity index (χ0v) is 71.4. The molecule has 0 saturated heterocycles. The predicted molar refractivity (Wildman–Crippen MR) is 539 cm³/mol. The molecule has 24 rings (SSSR count). The Morgan fingerprint density at radius 1 is 0.136 bits per heavy atom. The summed E-state index contributed by atoms with van der Waals surface area (Å²) in [4.78, 5) is 58.8. The van der Waals surface area contributed by atoms with E-state index >= 15 is 0 Å². The molecule has 0 saturated carbocycles. The lowest BCUT2D eigenvalue weighted by molar-refractivity contribution is 1.07. The summed E-state index contributed by atoms with van der Waals surface area (Å²) >= 11 is 0. The van der Waals surface area contributed by atoms with E-state index in [0.717, 1.165) is 138 Å². The molecule has 0 bridgehead atoms. The van der Waals surface area contributed by atoms with Gasteiger partial charge in [-0.15, -0.1) is 0 Å². The lowest BCUT2D eigenvalue weighted by Gasteiger charge is -2.12. The lowest BCUT2D eigenvalue weighted by Crippen LogP contribution is -2.00. The van der Waals surface area contributed by atoms with Crippen molar-refractivity contribution in [3.8, 4) is 169 Å². The van der Waals surface area contributed by atoms with Crippen molar-refractivity contribution in [1.82, 2.24) is 59.8 Å². The Morgan fingerprint density at radius 3 is 0.841 bits per heavy atom. The third-order valence-electron chi connectivity index (χ3n) is 24.0. The summed E-state index contributed by atoms with van der Waals surface area (Å²) in [5, 5.41) is 11.2. The molecule has 0 aliphatic heterocycles. The molecule has 0 unspecified atom stereocenters. The molecule has 618 valence electrons. The summed E-state index contributed by atoms with van der Waals surface area (Å²) in [7, 11) is 0. The number of fused-ring (bicyclic) bond motifs is 9. The van der Waals surface area contributed by atoms with Crippen LogP contribution >= 0.6 is 0 Å². The van der Waals surface area contributed by atoms with Crippen LogP contribution in [-0.4, -0.2) is 59.8 Å². The van der Waals surface area contributed by atoms with E-state index in [1.54, 1.807) is 0 Å². The molecule has 0 aliphatic carbocycles. The van der Waals surface area contributed by atoms with Crippen molar-refractivity contribution in [1.29, 1.82) is 0 Å². The van der Waals surface area contributed by atoms with Crippen molar-refractivity contribution in [2.24, 2.45) is 0 Å². The summed E-state index contributed by atoms with van der Waals surface area (Å²) in [6, 6.07) is 155. The Labute approximate surface area is 762 Å². The van der Waals surface area contributed by atoms with Gasteiger partial charge in [0, 0.05) is 102 Å². The zero-order valence-electron chi connectivity index (χ0n) is 71.4. The van der Waals surface area contributed by atoms with Gasteiger partial charge in [-0.1, -0.05) is 425 Å². The molecule has 0 fully saturated rings. The Hall–Kier alpha value is -18.0. The molecule has 0 N–H and O–H groups in total. The highest BCUT2D eigenvalue weighted by atomic mass is 15.1. The fourth-order valence-corrected chi connectivity index (χ4v) is 17.1. The molecule has 0 amide bonds. The van der Waals surface area contributed by atoms with Crippen LogP contribution in [0.2, 0.25) is 0 Å². The number of nitrogens with zero attached hydrogens (tertiary/aromatic N) is 12. The largest absolute Gasteiger partial charge is 0.264 e. The molecular weight excluding hydrogens is 1610 g/mol. The first-order valence-electron chi connectivity index (χ1n) is 43.9. The summed E-state index contributed by atoms with van der Waals surface area (Å²) in [6.45, 7) is 0. The molecule has 132 heavy (non-hydrogen) atoms. The number of rotatable bonds is 15. The van der Waals surface area contributed by atoms with E-state index in [9.17, 15) is 0 Å². The van der Waals surface area contributed by atoms with Crippen molar-refractivity contribution in [3.05, 3.63) is 474 Å². The number of benzene rings is 18. The average molecular weight is 1690 g/mol. The molecule has 0 spiro atoms. The molecule has 12 nitrogen and oxygen atoms in total. The van der Waals surface area contributed by atoms with Crippen LogP contribution in [0.1, 0.15) is 0 Å². The van der Waals surface area contributed by atoms with Crippen molar-refractivity contribution in [3.63, 3.8) is 0 Å². The number of pyridine rings is 3. The van der Waals surface area contributed by atoms with Crippen LogP contribution in [-0.2, 0) is 0 Å². The topological polar surface area (TPSA) is 155 Å². The Morgan fingerprint density at radius 2 is 0.432 bits per heavy atom. The van der Waals surface area contributed by atoms with Crippen molar-refractivity contribution >= 4 is 64.9 Å². The minimum atomic E-state index is 0.612. The quantitative estimate of drug-likeness (QED) is 0.0897. The molecule has 6 aromatic heterocycles. The van der Waals surface area contributed by atoms with E-state index in [2.05, 4.69) is 404 Å². The maximum absolute atomic E-state index is 5.05. The highest BCUT2D eigenvalue weighted by Gasteiger charge is 2.21. The van der Waals surface area contributed by atoms with E-state index in [4.69, 9.17) is 49.8 Å². The van der Waals surface area contributed by atoms with Gasteiger partial charge in [-0.05, 0) is 118 Å². The highest BCUT2D eigenvalue weighted by Crippen LogP contribution is 2.39. The maximum atomic E-state index is 5.05. The molecule has 0 aliphatic rings. The van der Waals surface area contributed by atoms with Gasteiger partial charge in [0.25, 0.3) is 0 Å². The SMILES string of the molecule is c1ccc(-c2ccc(-c3nc(-c4ccc(-c5ccccc5)cc4)nc(-c4ccc5c(c4)ncc4ccccc45)n3)cc2)cc1.c1ccc(-c2ccc(-c3nc(-c4ccc(-c5ccccc5)cc4)nc(-c4ccc5c(ccc6ccncc65)c4)n3)cc2)cc1.c1ccc(-c2ccc(-c3nc(-c4ccc(-c5ccccc5)cc4)nc(-c4cccc5c4ccc4cccnc45)n3)cc2)cc1. The Bertz CT molecular complexity index is 7660. The van der Waals surface area contributed by atoms with Crippen LogP contribution in [0.25, 0.3) is 234 Å². The van der Waals surface area contributed by atoms with Crippen LogP contribution in [0.4, 0.5) is 0 Å². The van der Waals surface area contributed by atoms with E-state index < -0.39 is 0 Å². The third-order valence-corrected chi connectivity index (χ3v) is 24.0. The second kappa shape index (κ2) is 36.2. The second-order valence-corrected chi connectivity index (χ2v) is 32.3. The first kappa shape index (κ1) is 79.9. The summed E-state index contributed by atoms with van der Waals surface area (Å²) < 4.78 is 0. The summed E-state index contributed by atoms with van der Waals surface area (Å²) in [6.07, 6.45) is 7.52. The van der Waals surface area contributed by atoms with E-state index in [1.807, 2.05) is 79.4 Å². The van der Waals surface area contributed by atoms with Gasteiger partial charge in [0.15, 0.2) is 52.4 Å². The first-order chi connectivity index (χ1) is 65.4. The van der Waals surface area contributed by atoms with Gasteiger partial charge < -0.3 is 0 Å². The average Bonchev–Trinajstić information content (AvgIpc) is 0.783. The van der Waals surface area contributed by atoms with Gasteiger partial charge in [0.05, 0.1) is 11.0 Å². The predicted octanol–water partition coefficient (Wildman–Crippen LogP) is 29.7. The van der Waals surface area contributed by atoms with Gasteiger partial charge in [-0.25, -0.2) is 44.9 Å². The molecule has 0 atom stereocenters. The van der Waals surface area contributed by atoms with Crippen LogP contribution in [0.15, 0.2) is 474 Å². The standard InChI is InChI=1S/3C40H26N4/c1-3-9-27(10-4-1)29-16-20-32(21-17-29)38-42-39(33-22-18-30(19-23-33)28-11-5-2-6-12-28)44-40(43-38)36-15-7-14-35-34(36)25-24-31-13-8-26-41-37(31)35;1-3-9-27(10-4-1)29-15-19-31(20-16-29)38-42-39(32-21-17-30(18-22-32)28-11-5-2-6-12-28)44-40(43-38)33-23-24-36-35-14-8-7-13-34(35)26-41-37(36)25-33;1-3-7-27(8-4-1)29-11-16-32(17-12-29)38-42-39(33-18-13-30(14-19-33)28-9-5-2-6-10-28)44-40(43-38)35-21-22-36-34(25-35)20-15-31-23-24-41-26-37(31)36/h3*1-26H. The molecule has 6 heterocycles. The Balaban J connectivity index is 0.000000116. The van der Waals surface area contributed by atoms with Gasteiger partial charge in [-0.2, -0.15) is 0 Å². The molecular formula is C120H78N12. The molecule has 18 aromatic carbocycles. The molecule has 0 radical (unpaired) electrons. The van der Waals surface area contributed by atoms with Crippen LogP contribution in [0.3, 0.4) is 0 Å². The minimum Gasteiger partial charge on any atom is -0.264 e. The van der Waals surface area contributed by atoms with E-state index in [-0.39, 0.29) is 0 Å². The van der Waals surface area contributed by atoms with Gasteiger partial charge >= 0.3 is 0 Å². The van der Waals surface area contributed by atoms with E-state index in [0.29, 0.717) is 52.4 Å². The number of aromatic nitrogens is 12. The lowest BCUT2D eigenvalue weighted by atomic mass is 10.0. The van der Waals surface area contributed by atoms with Gasteiger partial charge in [0.1, 0.15) is 0 Å². The highest BCUT2D eigenvalue weighted by molar-refractivity contribution is 6.11. The summed E-state index contributed by atoms with van der Waals surface area (Å²) in [5.41, 5.74) is 24.2. The fraction of sp³-hybridized carbons (Fsp3) is 0. The van der Waals surface area contributed by atoms with Crippen molar-refractivity contribution in [2.75, 3.05) is 0 Å². The smallest absolute Gasteiger partial charge is 0.164 e. The molecule has 24 aromatic rings. The van der Waals surface area contributed by atoms with Crippen LogP contribution in [0.5, 0.6) is 0 Å². The van der Waals surface area contributed by atoms with Gasteiger partial charge in [0.2, 0.25) is 0 Å². The second-order valence-electron chi connectivity index (χ2n) is 32.3. The fourth-order valence-electron chi connectivity index (χ4n) is 17.1. The van der Waals surface area contributed by atoms with E-state index in [1.165, 1.54) is 44.2 Å². The van der Waals surface area contributed by atoms with Crippen molar-refractivity contribution in [2.45, 2.75) is 0 Å². The van der Waals surface area contributed by atoms with Crippen LogP contribution in [0, 0.1) is 0 Å². The summed E-state index contributed by atoms with van der Waals surface area (Å²) in [5.74, 6) is 5.68. The number of hydrogen-bond acceptors (Lipinski definition) is 12. The van der Waals surface area contributed by atoms with Crippen molar-refractivity contribution < 1.29 is 0 Å². The Kier molecular flexibility index (Phi) is 21.9. The van der Waals surface area contributed by atoms with Crippen LogP contribution < -0.4 is 0 Å². The first-order valence-corrected chi connectivity index (χ1v) is 43.9. The monoisotopic (exact) mass is 1690 g/mol. The molecule has 12 heteroatoms. The maximum Gasteiger partial charge on any atom is 0.164 e. The third kappa shape index (κ3) is 16.9. The number of hydrogen-bond donors (Lipinski definition) is 0. The zero-order chi connectivity index (χ0) is 87.9.